The molecule has 2 saturated heterocycles. The Morgan fingerprint density at radius 2 is 1.73 bits per heavy atom. The number of benzene rings is 1. The summed E-state index contributed by atoms with van der Waals surface area (Å²) in [5.41, 5.74) is 8.43. The van der Waals surface area contributed by atoms with E-state index in [0.717, 1.165) is 44.7 Å². The summed E-state index contributed by atoms with van der Waals surface area (Å²) in [5, 5.41) is 3.01. The smallest absolute Gasteiger partial charge is 0.237 e. The minimum absolute atomic E-state index is 0. The zero-order valence-electron chi connectivity index (χ0n) is 14.9. The Morgan fingerprint density at radius 1 is 1.12 bits per heavy atom. The van der Waals surface area contributed by atoms with Gasteiger partial charge in [-0.25, -0.2) is 0 Å². The predicted octanol–water partition coefficient (Wildman–Crippen LogP) is 1.74. The number of morpholine rings is 1. The normalized spacial score (nSPS) is 19.0. The molecule has 1 amide bonds. The van der Waals surface area contributed by atoms with Gasteiger partial charge in [0.05, 0.1) is 19.3 Å². The molecule has 0 spiro atoms. The Bertz CT molecular complexity index is 550. The lowest BCUT2D eigenvalue weighted by molar-refractivity contribution is -0.124. The highest BCUT2D eigenvalue weighted by atomic mass is 35.5. The fourth-order valence-electron chi connectivity index (χ4n) is 3.36. The molecule has 0 bridgehead atoms. The SMILES string of the molecule is Cl.Cl.NC(C(=O)NCc1ccccc1N1CCOCC1)C1CCOCC1. The number of para-hydroxylation sites is 1. The topological polar surface area (TPSA) is 76.8 Å². The molecular weight excluding hydrogens is 377 g/mol. The van der Waals surface area contributed by atoms with Crippen molar-refractivity contribution in [3.05, 3.63) is 29.8 Å². The number of rotatable bonds is 5. The van der Waals surface area contributed by atoms with Crippen molar-refractivity contribution in [1.29, 1.82) is 0 Å². The Balaban J connectivity index is 0.00000169. The summed E-state index contributed by atoms with van der Waals surface area (Å²) >= 11 is 0. The zero-order valence-corrected chi connectivity index (χ0v) is 16.5. The predicted molar refractivity (Wildman–Crippen MR) is 107 cm³/mol. The molecule has 1 aromatic carbocycles. The summed E-state index contributed by atoms with van der Waals surface area (Å²) in [4.78, 5) is 14.7. The van der Waals surface area contributed by atoms with Gasteiger partial charge in [0.15, 0.2) is 0 Å². The molecule has 2 aliphatic heterocycles. The van der Waals surface area contributed by atoms with Crippen LogP contribution < -0.4 is 16.0 Å². The fraction of sp³-hybridized carbons (Fsp3) is 0.611. The standard InChI is InChI=1S/C18H27N3O3.2ClH/c19-17(14-5-9-23-10-6-14)18(22)20-13-15-3-1-2-4-16(15)21-7-11-24-12-8-21;;/h1-4,14,17H,5-13,19H2,(H,20,22);2*1H. The third-order valence-corrected chi connectivity index (χ3v) is 4.87. The number of hydrogen-bond donors (Lipinski definition) is 2. The number of carbonyl (C=O) groups excluding carboxylic acids is 1. The fourth-order valence-corrected chi connectivity index (χ4v) is 3.36. The molecule has 2 heterocycles. The molecule has 8 heteroatoms. The summed E-state index contributed by atoms with van der Waals surface area (Å²) in [6.07, 6.45) is 1.72. The van der Waals surface area contributed by atoms with E-state index in [9.17, 15) is 4.79 Å². The highest BCUT2D eigenvalue weighted by Gasteiger charge is 2.26. The van der Waals surface area contributed by atoms with E-state index in [-0.39, 0.29) is 36.6 Å². The molecular formula is C18H29Cl2N3O3. The average Bonchev–Trinajstić information content (AvgIpc) is 2.67. The zero-order chi connectivity index (χ0) is 16.8. The molecule has 148 valence electrons. The van der Waals surface area contributed by atoms with Crippen molar-refractivity contribution in [3.8, 4) is 0 Å². The highest BCUT2D eigenvalue weighted by Crippen LogP contribution is 2.22. The summed E-state index contributed by atoms with van der Waals surface area (Å²) in [5.74, 6) is 0.145. The number of nitrogens with zero attached hydrogens (tertiary/aromatic N) is 1. The van der Waals surface area contributed by atoms with Crippen LogP contribution in [0.3, 0.4) is 0 Å². The van der Waals surface area contributed by atoms with E-state index in [2.05, 4.69) is 22.3 Å². The second-order valence-corrected chi connectivity index (χ2v) is 6.42. The average molecular weight is 406 g/mol. The second-order valence-electron chi connectivity index (χ2n) is 6.42. The van der Waals surface area contributed by atoms with Crippen LogP contribution in [0.25, 0.3) is 0 Å². The maximum Gasteiger partial charge on any atom is 0.237 e. The van der Waals surface area contributed by atoms with Crippen LogP contribution in [-0.4, -0.2) is 51.5 Å². The Labute approximate surface area is 167 Å². The summed E-state index contributed by atoms with van der Waals surface area (Å²) in [7, 11) is 0. The van der Waals surface area contributed by atoms with Crippen LogP contribution in [0.4, 0.5) is 5.69 Å². The van der Waals surface area contributed by atoms with Crippen molar-refractivity contribution < 1.29 is 14.3 Å². The number of carbonyl (C=O) groups is 1. The Kier molecular flexibility index (Phi) is 10.3. The van der Waals surface area contributed by atoms with Crippen LogP contribution in [0, 0.1) is 5.92 Å². The lowest BCUT2D eigenvalue weighted by Gasteiger charge is -2.31. The monoisotopic (exact) mass is 405 g/mol. The highest BCUT2D eigenvalue weighted by molar-refractivity contribution is 5.85. The quantitative estimate of drug-likeness (QED) is 0.779. The van der Waals surface area contributed by atoms with Crippen LogP contribution in [0.5, 0.6) is 0 Å². The number of halogens is 2. The molecule has 0 aliphatic carbocycles. The molecule has 3 rings (SSSR count). The number of anilines is 1. The number of nitrogens with one attached hydrogen (secondary N) is 1. The molecule has 26 heavy (non-hydrogen) atoms. The minimum atomic E-state index is -0.454. The van der Waals surface area contributed by atoms with Crippen molar-refractivity contribution in [1.82, 2.24) is 5.32 Å². The van der Waals surface area contributed by atoms with Crippen molar-refractivity contribution >= 4 is 36.4 Å². The van der Waals surface area contributed by atoms with Crippen molar-refractivity contribution in [2.45, 2.75) is 25.4 Å². The van der Waals surface area contributed by atoms with Crippen LogP contribution in [0.2, 0.25) is 0 Å². The first kappa shape index (κ1) is 23.0. The van der Waals surface area contributed by atoms with Gasteiger partial charge in [-0.2, -0.15) is 0 Å². The van der Waals surface area contributed by atoms with Crippen LogP contribution in [0.15, 0.2) is 24.3 Å². The number of amides is 1. The van der Waals surface area contributed by atoms with Gasteiger partial charge in [-0.3, -0.25) is 4.79 Å². The number of nitrogens with two attached hydrogens (primary N) is 1. The first-order chi connectivity index (χ1) is 11.8. The van der Waals surface area contributed by atoms with E-state index in [4.69, 9.17) is 15.2 Å². The maximum atomic E-state index is 12.4. The molecule has 3 N–H and O–H groups in total. The minimum Gasteiger partial charge on any atom is -0.381 e. The van der Waals surface area contributed by atoms with Gasteiger partial charge < -0.3 is 25.4 Å². The molecule has 1 aromatic rings. The molecule has 0 radical (unpaired) electrons. The molecule has 0 saturated carbocycles. The molecule has 1 unspecified atom stereocenters. The molecule has 2 fully saturated rings. The van der Waals surface area contributed by atoms with Gasteiger partial charge in [0, 0.05) is 38.5 Å². The third kappa shape index (κ3) is 5.99. The van der Waals surface area contributed by atoms with E-state index in [1.165, 1.54) is 5.69 Å². The number of hydrogen-bond acceptors (Lipinski definition) is 5. The van der Waals surface area contributed by atoms with Crippen molar-refractivity contribution in [2.24, 2.45) is 11.7 Å². The van der Waals surface area contributed by atoms with E-state index in [1.54, 1.807) is 0 Å². The van der Waals surface area contributed by atoms with Crippen molar-refractivity contribution in [2.75, 3.05) is 44.4 Å². The van der Waals surface area contributed by atoms with E-state index in [1.807, 2.05) is 12.1 Å². The molecule has 2 aliphatic rings. The first-order valence-electron chi connectivity index (χ1n) is 8.77. The summed E-state index contributed by atoms with van der Waals surface area (Å²) in [6.45, 7) is 5.16. The molecule has 6 nitrogen and oxygen atoms in total. The van der Waals surface area contributed by atoms with Crippen LogP contribution >= 0.6 is 24.8 Å². The largest absolute Gasteiger partial charge is 0.381 e. The molecule has 0 aromatic heterocycles. The lowest BCUT2D eigenvalue weighted by Crippen LogP contribution is -2.47. The van der Waals surface area contributed by atoms with Crippen LogP contribution in [0.1, 0.15) is 18.4 Å². The van der Waals surface area contributed by atoms with E-state index < -0.39 is 6.04 Å². The summed E-state index contributed by atoms with van der Waals surface area (Å²) in [6, 6.07) is 7.74. The van der Waals surface area contributed by atoms with Gasteiger partial charge >= 0.3 is 0 Å². The Hall–Kier alpha value is -1.05. The Morgan fingerprint density at radius 3 is 2.42 bits per heavy atom. The van der Waals surface area contributed by atoms with Gasteiger partial charge in [0.1, 0.15) is 0 Å². The van der Waals surface area contributed by atoms with Gasteiger partial charge in [-0.05, 0) is 30.4 Å². The van der Waals surface area contributed by atoms with E-state index in [0.29, 0.717) is 19.8 Å². The second kappa shape index (κ2) is 11.6. The van der Waals surface area contributed by atoms with Gasteiger partial charge in [0.25, 0.3) is 0 Å². The van der Waals surface area contributed by atoms with Gasteiger partial charge in [-0.1, -0.05) is 18.2 Å². The number of ether oxygens (including phenoxy) is 2. The summed E-state index contributed by atoms with van der Waals surface area (Å²) < 4.78 is 10.8. The maximum absolute atomic E-state index is 12.4. The third-order valence-electron chi connectivity index (χ3n) is 4.87. The first-order valence-corrected chi connectivity index (χ1v) is 8.77. The lowest BCUT2D eigenvalue weighted by atomic mass is 9.92. The molecule has 1 atom stereocenters. The van der Waals surface area contributed by atoms with Crippen molar-refractivity contribution in [3.63, 3.8) is 0 Å². The van der Waals surface area contributed by atoms with Gasteiger partial charge in [0.2, 0.25) is 5.91 Å². The van der Waals surface area contributed by atoms with E-state index >= 15 is 0 Å². The van der Waals surface area contributed by atoms with Crippen LogP contribution in [-0.2, 0) is 20.8 Å². The van der Waals surface area contributed by atoms with Gasteiger partial charge in [-0.15, -0.1) is 24.8 Å².